The lowest BCUT2D eigenvalue weighted by atomic mass is 10.1. The molecule has 0 fully saturated rings. The second-order valence-electron chi connectivity index (χ2n) is 4.61. The van der Waals surface area contributed by atoms with Gasteiger partial charge in [-0.15, -0.1) is 0 Å². The molecule has 1 aromatic rings. The molecule has 0 N–H and O–H groups in total. The molecular formula is C14H18FO4PS. The van der Waals surface area contributed by atoms with Gasteiger partial charge in [0.1, 0.15) is 11.6 Å². The maximum atomic E-state index is 13.7. The van der Waals surface area contributed by atoms with Crippen molar-refractivity contribution in [3.8, 4) is 5.75 Å². The molecule has 0 bridgehead atoms. The monoisotopic (exact) mass is 332 g/mol. The number of hydrogen-bond acceptors (Lipinski definition) is 5. The van der Waals surface area contributed by atoms with Gasteiger partial charge >= 0.3 is 6.80 Å². The van der Waals surface area contributed by atoms with E-state index in [9.17, 15) is 13.8 Å². The number of carbonyl (C=O) groups excluding carboxylic acids is 1. The summed E-state index contributed by atoms with van der Waals surface area (Å²) < 4.78 is 37.2. The van der Waals surface area contributed by atoms with Crippen LogP contribution in [0.5, 0.6) is 5.75 Å². The van der Waals surface area contributed by atoms with E-state index >= 15 is 0 Å². The van der Waals surface area contributed by atoms with Crippen molar-refractivity contribution >= 4 is 24.0 Å². The summed E-state index contributed by atoms with van der Waals surface area (Å²) in [5, 5.41) is 0. The van der Waals surface area contributed by atoms with Gasteiger partial charge in [0.15, 0.2) is 5.78 Å². The standard InChI is InChI=1S/C14H18FO4PS/c1-3-9-21-20(17,18-4-2)19-13-8-6-11(15)14-10(13)5-7-12(14)16/h6,8H,3-5,7,9H2,1-2H3. The lowest BCUT2D eigenvalue weighted by Gasteiger charge is -2.19. The number of fused-ring (bicyclic) bond motifs is 1. The first-order chi connectivity index (χ1) is 10.0. The van der Waals surface area contributed by atoms with Crippen LogP contribution in [0.3, 0.4) is 0 Å². The molecule has 0 saturated carbocycles. The molecule has 1 unspecified atom stereocenters. The van der Waals surface area contributed by atoms with Gasteiger partial charge in [0, 0.05) is 17.7 Å². The topological polar surface area (TPSA) is 52.6 Å². The van der Waals surface area contributed by atoms with Crippen LogP contribution in [0.4, 0.5) is 4.39 Å². The zero-order valence-corrected chi connectivity index (χ0v) is 13.8. The van der Waals surface area contributed by atoms with Crippen LogP contribution in [0.2, 0.25) is 0 Å². The molecule has 4 nitrogen and oxygen atoms in total. The first-order valence-corrected chi connectivity index (χ1v) is 10.1. The highest BCUT2D eigenvalue weighted by atomic mass is 32.7. The first-order valence-electron chi connectivity index (χ1n) is 6.94. The smallest absolute Gasteiger partial charge is 0.417 e. The quantitative estimate of drug-likeness (QED) is 0.682. The van der Waals surface area contributed by atoms with Crippen molar-refractivity contribution in [3.05, 3.63) is 29.1 Å². The zero-order chi connectivity index (χ0) is 15.5. The Bertz CT molecular complexity index is 591. The third kappa shape index (κ3) is 3.68. The number of halogens is 1. The normalized spacial score (nSPS) is 16.6. The van der Waals surface area contributed by atoms with Crippen molar-refractivity contribution in [2.45, 2.75) is 33.1 Å². The third-order valence-corrected chi connectivity index (χ3v) is 6.99. The molecule has 0 radical (unpaired) electrons. The van der Waals surface area contributed by atoms with E-state index in [1.165, 1.54) is 12.1 Å². The molecule has 1 aliphatic carbocycles. The van der Waals surface area contributed by atoms with E-state index in [-0.39, 0.29) is 30.1 Å². The minimum Gasteiger partial charge on any atom is -0.417 e. The second kappa shape index (κ2) is 6.95. The van der Waals surface area contributed by atoms with Gasteiger partial charge in [0.05, 0.1) is 12.2 Å². The molecule has 2 rings (SSSR count). The summed E-state index contributed by atoms with van der Waals surface area (Å²) in [5.74, 6) is 0.143. The molecule has 0 heterocycles. The summed E-state index contributed by atoms with van der Waals surface area (Å²) in [6.07, 6.45) is 1.50. The minimum atomic E-state index is -3.34. The van der Waals surface area contributed by atoms with Gasteiger partial charge in [-0.25, -0.2) is 8.96 Å². The average molecular weight is 332 g/mol. The summed E-state index contributed by atoms with van der Waals surface area (Å²) in [5.41, 5.74) is 0.563. The van der Waals surface area contributed by atoms with Crippen LogP contribution in [0.15, 0.2) is 12.1 Å². The molecular weight excluding hydrogens is 314 g/mol. The largest absolute Gasteiger partial charge is 0.440 e. The van der Waals surface area contributed by atoms with Crippen molar-refractivity contribution < 1.29 is 22.8 Å². The van der Waals surface area contributed by atoms with Crippen LogP contribution in [0.1, 0.15) is 42.6 Å². The van der Waals surface area contributed by atoms with E-state index in [2.05, 4.69) is 0 Å². The Morgan fingerprint density at radius 1 is 1.33 bits per heavy atom. The van der Waals surface area contributed by atoms with E-state index in [0.717, 1.165) is 17.8 Å². The fourth-order valence-corrected chi connectivity index (χ4v) is 5.64. The van der Waals surface area contributed by atoms with Crippen LogP contribution in [0.25, 0.3) is 0 Å². The van der Waals surface area contributed by atoms with Crippen molar-refractivity contribution in [1.29, 1.82) is 0 Å². The lowest BCUT2D eigenvalue weighted by molar-refractivity contribution is 0.0991. The first kappa shape index (κ1) is 16.5. The highest BCUT2D eigenvalue weighted by Gasteiger charge is 2.32. The number of ketones is 1. The average Bonchev–Trinajstić information content (AvgIpc) is 2.84. The Morgan fingerprint density at radius 2 is 2.10 bits per heavy atom. The zero-order valence-electron chi connectivity index (χ0n) is 12.1. The summed E-state index contributed by atoms with van der Waals surface area (Å²) in [6.45, 7) is 0.625. The summed E-state index contributed by atoms with van der Waals surface area (Å²) in [7, 11) is 0. The fourth-order valence-electron chi connectivity index (χ4n) is 2.17. The molecule has 0 amide bonds. The van der Waals surface area contributed by atoms with Crippen molar-refractivity contribution in [3.63, 3.8) is 0 Å². The van der Waals surface area contributed by atoms with E-state index in [1.54, 1.807) is 6.92 Å². The van der Waals surface area contributed by atoms with Crippen LogP contribution in [-0.4, -0.2) is 18.1 Å². The molecule has 1 atom stereocenters. The van der Waals surface area contributed by atoms with Crippen LogP contribution in [-0.2, 0) is 15.5 Å². The number of rotatable bonds is 7. The van der Waals surface area contributed by atoms with E-state index < -0.39 is 12.6 Å². The summed E-state index contributed by atoms with van der Waals surface area (Å²) in [6, 6.07) is 2.60. The van der Waals surface area contributed by atoms with Gasteiger partial charge in [-0.1, -0.05) is 6.92 Å². The lowest BCUT2D eigenvalue weighted by Crippen LogP contribution is -2.01. The predicted octanol–water partition coefficient (Wildman–Crippen LogP) is 4.62. The van der Waals surface area contributed by atoms with Gasteiger partial charge in [0.2, 0.25) is 0 Å². The maximum Gasteiger partial charge on any atom is 0.440 e. The van der Waals surface area contributed by atoms with Gasteiger partial charge < -0.3 is 4.52 Å². The Labute approximate surface area is 127 Å². The maximum absolute atomic E-state index is 13.7. The highest BCUT2D eigenvalue weighted by molar-refractivity contribution is 8.55. The van der Waals surface area contributed by atoms with Crippen LogP contribution < -0.4 is 4.52 Å². The van der Waals surface area contributed by atoms with Gasteiger partial charge in [-0.3, -0.25) is 9.32 Å². The summed E-state index contributed by atoms with van der Waals surface area (Å²) in [4.78, 5) is 11.7. The molecule has 0 spiro atoms. The highest BCUT2D eigenvalue weighted by Crippen LogP contribution is 2.60. The number of hydrogen-bond donors (Lipinski definition) is 0. The second-order valence-corrected chi connectivity index (χ2v) is 8.73. The third-order valence-electron chi connectivity index (χ3n) is 3.05. The number of benzene rings is 1. The van der Waals surface area contributed by atoms with Crippen LogP contribution in [0, 0.1) is 5.82 Å². The van der Waals surface area contributed by atoms with Gasteiger partial charge in [-0.05, 0) is 43.3 Å². The van der Waals surface area contributed by atoms with Crippen molar-refractivity contribution in [2.75, 3.05) is 12.4 Å². The molecule has 0 aliphatic heterocycles. The Balaban J connectivity index is 2.30. The molecule has 21 heavy (non-hydrogen) atoms. The van der Waals surface area contributed by atoms with Gasteiger partial charge in [0.25, 0.3) is 0 Å². The molecule has 1 aromatic carbocycles. The van der Waals surface area contributed by atoms with E-state index in [1.807, 2.05) is 6.92 Å². The van der Waals surface area contributed by atoms with Crippen LogP contribution >= 0.6 is 18.2 Å². The molecule has 0 saturated heterocycles. The molecule has 116 valence electrons. The van der Waals surface area contributed by atoms with Crippen molar-refractivity contribution in [2.24, 2.45) is 0 Å². The molecule has 0 aromatic heterocycles. The van der Waals surface area contributed by atoms with E-state index in [0.29, 0.717) is 17.7 Å². The number of carbonyl (C=O) groups is 1. The predicted molar refractivity (Wildman–Crippen MR) is 81.7 cm³/mol. The Hall–Kier alpha value is -0.840. The van der Waals surface area contributed by atoms with E-state index in [4.69, 9.17) is 9.05 Å². The minimum absolute atomic E-state index is 0.0658. The van der Waals surface area contributed by atoms with Gasteiger partial charge in [-0.2, -0.15) is 0 Å². The fraction of sp³-hybridized carbons (Fsp3) is 0.500. The Kier molecular flexibility index (Phi) is 5.47. The molecule has 1 aliphatic rings. The summed E-state index contributed by atoms with van der Waals surface area (Å²) >= 11 is 1.13. The van der Waals surface area contributed by atoms with Crippen molar-refractivity contribution in [1.82, 2.24) is 0 Å². The molecule has 7 heteroatoms. The number of Topliss-reactive ketones (excluding diaryl/α,β-unsaturated/α-hetero) is 1. The Morgan fingerprint density at radius 3 is 2.76 bits per heavy atom. The SMILES string of the molecule is CCCSP(=O)(OCC)Oc1ccc(F)c2c1CCC2=O.